The molecule has 0 saturated carbocycles. The van der Waals surface area contributed by atoms with E-state index in [1.807, 2.05) is 59.2 Å². The molecular formula is C26H27ClN4O3. The number of fused-ring (bicyclic) bond motifs is 1. The maximum atomic E-state index is 13.2. The van der Waals surface area contributed by atoms with E-state index in [0.29, 0.717) is 56.3 Å². The van der Waals surface area contributed by atoms with Gasteiger partial charge >= 0.3 is 0 Å². The summed E-state index contributed by atoms with van der Waals surface area (Å²) >= 11 is 6.01. The standard InChI is InChI=1S/C26H27ClN4O3/c27-21-8-4-5-18(13-21)14-28-25(32)20-9-11-30(12-10-20)26(33)24-22-16-34-23(15-31(22)17-29-24)19-6-2-1-3-7-19/h1-8,13,17,20,23H,9-12,14-16H2,(H,28,32). The first-order valence-electron chi connectivity index (χ1n) is 11.6. The summed E-state index contributed by atoms with van der Waals surface area (Å²) in [5, 5.41) is 3.65. The molecule has 0 aliphatic carbocycles. The van der Waals surface area contributed by atoms with Crippen molar-refractivity contribution in [1.29, 1.82) is 0 Å². The summed E-state index contributed by atoms with van der Waals surface area (Å²) in [6.07, 6.45) is 2.95. The normalized spacial score (nSPS) is 18.4. The van der Waals surface area contributed by atoms with Crippen LogP contribution in [0.4, 0.5) is 0 Å². The van der Waals surface area contributed by atoms with Gasteiger partial charge < -0.3 is 19.5 Å². The zero-order chi connectivity index (χ0) is 23.5. The van der Waals surface area contributed by atoms with Crippen LogP contribution < -0.4 is 5.32 Å². The topological polar surface area (TPSA) is 76.5 Å². The molecule has 0 radical (unpaired) electrons. The number of carbonyl (C=O) groups excluding carboxylic acids is 2. The molecule has 176 valence electrons. The second-order valence-electron chi connectivity index (χ2n) is 8.82. The van der Waals surface area contributed by atoms with Gasteiger partial charge in [0.15, 0.2) is 5.69 Å². The lowest BCUT2D eigenvalue weighted by Gasteiger charge is -2.31. The van der Waals surface area contributed by atoms with Crippen molar-refractivity contribution >= 4 is 23.4 Å². The van der Waals surface area contributed by atoms with Crippen LogP contribution in [0.3, 0.4) is 0 Å². The van der Waals surface area contributed by atoms with Crippen LogP contribution in [0.1, 0.15) is 46.3 Å². The fourth-order valence-corrected chi connectivity index (χ4v) is 4.86. The number of ether oxygens (including phenoxy) is 1. The van der Waals surface area contributed by atoms with Crippen LogP contribution in [0, 0.1) is 5.92 Å². The van der Waals surface area contributed by atoms with Crippen molar-refractivity contribution in [2.24, 2.45) is 5.92 Å². The van der Waals surface area contributed by atoms with E-state index in [9.17, 15) is 9.59 Å². The predicted molar refractivity (Wildman–Crippen MR) is 128 cm³/mol. The summed E-state index contributed by atoms with van der Waals surface area (Å²) in [6, 6.07) is 17.5. The van der Waals surface area contributed by atoms with Gasteiger partial charge in [0.25, 0.3) is 5.91 Å². The second-order valence-corrected chi connectivity index (χ2v) is 9.25. The summed E-state index contributed by atoms with van der Waals surface area (Å²) in [4.78, 5) is 32.0. The van der Waals surface area contributed by atoms with Crippen molar-refractivity contribution in [1.82, 2.24) is 19.8 Å². The van der Waals surface area contributed by atoms with Gasteiger partial charge in [-0.1, -0.05) is 54.1 Å². The van der Waals surface area contributed by atoms with Crippen molar-refractivity contribution in [3.63, 3.8) is 0 Å². The Hall–Kier alpha value is -3.16. The molecule has 2 aliphatic rings. The van der Waals surface area contributed by atoms with E-state index < -0.39 is 0 Å². The Labute approximate surface area is 203 Å². The number of carbonyl (C=O) groups is 2. The van der Waals surface area contributed by atoms with Crippen molar-refractivity contribution in [3.05, 3.63) is 88.5 Å². The number of aromatic nitrogens is 2. The van der Waals surface area contributed by atoms with Gasteiger partial charge in [-0.05, 0) is 36.1 Å². The molecule has 1 saturated heterocycles. The SMILES string of the molecule is O=C(NCc1cccc(Cl)c1)C1CCN(C(=O)c2ncn3c2COC(c2ccccc2)C3)CC1. The Balaban J connectivity index is 1.15. The molecule has 8 heteroatoms. The minimum absolute atomic E-state index is 0.0202. The second kappa shape index (κ2) is 9.99. The lowest BCUT2D eigenvalue weighted by molar-refractivity contribution is -0.126. The molecule has 1 N–H and O–H groups in total. The highest BCUT2D eigenvalue weighted by atomic mass is 35.5. The van der Waals surface area contributed by atoms with Crippen molar-refractivity contribution < 1.29 is 14.3 Å². The Bertz CT molecular complexity index is 1170. The highest BCUT2D eigenvalue weighted by molar-refractivity contribution is 6.30. The number of nitrogens with one attached hydrogen (secondary N) is 1. The quantitative estimate of drug-likeness (QED) is 0.602. The van der Waals surface area contributed by atoms with E-state index in [2.05, 4.69) is 10.3 Å². The summed E-state index contributed by atoms with van der Waals surface area (Å²) in [7, 11) is 0. The summed E-state index contributed by atoms with van der Waals surface area (Å²) in [6.45, 7) is 2.50. The molecule has 7 nitrogen and oxygen atoms in total. The first kappa shape index (κ1) is 22.6. The maximum absolute atomic E-state index is 13.2. The fourth-order valence-electron chi connectivity index (χ4n) is 4.65. The zero-order valence-corrected chi connectivity index (χ0v) is 19.6. The van der Waals surface area contributed by atoms with Crippen LogP contribution in [-0.2, 0) is 29.2 Å². The monoisotopic (exact) mass is 478 g/mol. The molecule has 2 aliphatic heterocycles. The average molecular weight is 479 g/mol. The Morgan fingerprint density at radius 1 is 1.09 bits per heavy atom. The van der Waals surface area contributed by atoms with E-state index in [0.717, 1.165) is 16.8 Å². The molecule has 0 spiro atoms. The third kappa shape index (κ3) is 4.86. The number of imidazole rings is 1. The number of hydrogen-bond donors (Lipinski definition) is 1. The van der Waals surface area contributed by atoms with Gasteiger partial charge in [0.05, 0.1) is 25.2 Å². The molecule has 5 rings (SSSR count). The minimum atomic E-state index is -0.103. The molecule has 2 aromatic carbocycles. The van der Waals surface area contributed by atoms with Gasteiger partial charge in [-0.15, -0.1) is 0 Å². The maximum Gasteiger partial charge on any atom is 0.274 e. The van der Waals surface area contributed by atoms with Crippen LogP contribution in [0.15, 0.2) is 60.9 Å². The first-order chi connectivity index (χ1) is 16.6. The van der Waals surface area contributed by atoms with E-state index in [-0.39, 0.29) is 23.8 Å². The van der Waals surface area contributed by atoms with E-state index >= 15 is 0 Å². The smallest absolute Gasteiger partial charge is 0.274 e. The number of likely N-dealkylation sites (tertiary alicyclic amines) is 1. The average Bonchev–Trinajstić information content (AvgIpc) is 3.31. The largest absolute Gasteiger partial charge is 0.365 e. The van der Waals surface area contributed by atoms with Crippen molar-refractivity contribution in [2.45, 2.75) is 38.6 Å². The Morgan fingerprint density at radius 3 is 2.65 bits per heavy atom. The number of benzene rings is 2. The summed E-state index contributed by atoms with van der Waals surface area (Å²) < 4.78 is 8.07. The van der Waals surface area contributed by atoms with Crippen LogP contribution in [0.2, 0.25) is 5.02 Å². The fraction of sp³-hybridized carbons (Fsp3) is 0.346. The lowest BCUT2D eigenvalue weighted by Crippen LogP contribution is -2.43. The predicted octanol–water partition coefficient (Wildman–Crippen LogP) is 3.98. The molecule has 1 aromatic heterocycles. The van der Waals surface area contributed by atoms with Crippen LogP contribution in [0.5, 0.6) is 0 Å². The van der Waals surface area contributed by atoms with Crippen LogP contribution in [-0.4, -0.2) is 39.4 Å². The van der Waals surface area contributed by atoms with Gasteiger partial charge in [0.2, 0.25) is 5.91 Å². The molecule has 1 fully saturated rings. The zero-order valence-electron chi connectivity index (χ0n) is 18.8. The molecule has 34 heavy (non-hydrogen) atoms. The minimum Gasteiger partial charge on any atom is -0.365 e. The van der Waals surface area contributed by atoms with E-state index in [1.165, 1.54) is 0 Å². The van der Waals surface area contributed by atoms with Crippen LogP contribution >= 0.6 is 11.6 Å². The van der Waals surface area contributed by atoms with Crippen molar-refractivity contribution in [2.75, 3.05) is 13.1 Å². The first-order valence-corrected chi connectivity index (χ1v) is 12.0. The van der Waals surface area contributed by atoms with Gasteiger partial charge in [-0.2, -0.15) is 0 Å². The van der Waals surface area contributed by atoms with Gasteiger partial charge in [0.1, 0.15) is 6.10 Å². The molecule has 0 bridgehead atoms. The van der Waals surface area contributed by atoms with Gasteiger partial charge in [0, 0.05) is 30.6 Å². The highest BCUT2D eigenvalue weighted by Gasteiger charge is 2.32. The number of rotatable bonds is 5. The third-order valence-corrected chi connectivity index (χ3v) is 6.85. The van der Waals surface area contributed by atoms with Crippen molar-refractivity contribution in [3.8, 4) is 0 Å². The Morgan fingerprint density at radius 2 is 1.88 bits per heavy atom. The number of piperidine rings is 1. The van der Waals surface area contributed by atoms with Gasteiger partial charge in [-0.3, -0.25) is 9.59 Å². The molecular weight excluding hydrogens is 452 g/mol. The van der Waals surface area contributed by atoms with E-state index in [1.54, 1.807) is 11.2 Å². The van der Waals surface area contributed by atoms with Gasteiger partial charge in [-0.25, -0.2) is 4.98 Å². The lowest BCUT2D eigenvalue weighted by atomic mass is 9.95. The number of nitrogens with zero attached hydrogens (tertiary/aromatic N) is 3. The summed E-state index contributed by atoms with van der Waals surface area (Å²) in [5.41, 5.74) is 3.36. The van der Waals surface area contributed by atoms with Crippen LogP contribution in [0.25, 0.3) is 0 Å². The number of hydrogen-bond acceptors (Lipinski definition) is 4. The molecule has 3 heterocycles. The highest BCUT2D eigenvalue weighted by Crippen LogP contribution is 2.28. The third-order valence-electron chi connectivity index (χ3n) is 6.61. The number of amides is 2. The number of halogens is 1. The molecule has 2 amide bonds. The molecule has 1 unspecified atom stereocenters. The van der Waals surface area contributed by atoms with E-state index in [4.69, 9.17) is 16.3 Å². The molecule has 3 aromatic rings. The Kier molecular flexibility index (Phi) is 6.65. The summed E-state index contributed by atoms with van der Waals surface area (Å²) in [5.74, 6) is -0.172. The molecule has 1 atom stereocenters.